The number of hydrogen-bond donors (Lipinski definition) is 2. The number of likely N-dealkylation sites (N-methyl/N-ethyl adjacent to an activating group) is 1. The molecule has 0 saturated carbocycles. The Morgan fingerprint density at radius 3 is 2.21 bits per heavy atom. The van der Waals surface area contributed by atoms with E-state index in [-0.39, 0.29) is 17.0 Å². The molecule has 0 saturated heterocycles. The van der Waals surface area contributed by atoms with E-state index in [1.54, 1.807) is 23.9 Å². The Labute approximate surface area is 171 Å². The van der Waals surface area contributed by atoms with Gasteiger partial charge in [0.1, 0.15) is 5.82 Å². The maximum Gasteiger partial charge on any atom is 0.414 e. The minimum Gasteiger partial charge on any atom is -0.473 e. The van der Waals surface area contributed by atoms with Gasteiger partial charge >= 0.3 is 11.9 Å². The summed E-state index contributed by atoms with van der Waals surface area (Å²) in [5.41, 5.74) is 2.00. The van der Waals surface area contributed by atoms with Crippen molar-refractivity contribution in [2.24, 2.45) is 0 Å². The number of nitrogens with zero attached hydrogens (tertiary/aromatic N) is 2. The average Bonchev–Trinajstić information content (AvgIpc) is 2.67. The fourth-order valence-electron chi connectivity index (χ4n) is 2.68. The van der Waals surface area contributed by atoms with E-state index in [1.165, 1.54) is 12.1 Å². The zero-order valence-electron chi connectivity index (χ0n) is 15.9. The Morgan fingerprint density at radius 2 is 1.66 bits per heavy atom. The summed E-state index contributed by atoms with van der Waals surface area (Å²) < 4.78 is 13.2. The van der Waals surface area contributed by atoms with Gasteiger partial charge in [0.15, 0.2) is 0 Å². The number of carbonyl (C=O) groups excluding carboxylic acids is 1. The molecule has 1 atom stereocenters. The molecule has 29 heavy (non-hydrogen) atoms. The number of carboxylic acid groups (broad SMARTS) is 2. The standard InChI is InChI=1S/C18H19FN2OS.C2H2O4/c1-20(2)12-18(22)21-11-17(13-7-9-14(19)10-8-13)23-16-6-4-3-5-15(16)21;3-1(4)2(5)6/h3-10,17H,11-12H2,1-2H3;(H,3,4)(H,5,6). The predicted octanol–water partition coefficient (Wildman–Crippen LogP) is 2.72. The normalized spacial score (nSPS) is 15.2. The van der Waals surface area contributed by atoms with Crippen LogP contribution in [-0.4, -0.2) is 60.1 Å². The Hall–Kier alpha value is -2.91. The van der Waals surface area contributed by atoms with Gasteiger partial charge in [-0.2, -0.15) is 0 Å². The SMILES string of the molecule is CN(C)CC(=O)N1CC(c2ccc(F)cc2)Sc2ccccc21.O=C(O)C(=O)O. The number of benzene rings is 2. The molecule has 1 aliphatic heterocycles. The lowest BCUT2D eigenvalue weighted by molar-refractivity contribution is -0.159. The highest BCUT2D eigenvalue weighted by molar-refractivity contribution is 7.99. The summed E-state index contributed by atoms with van der Waals surface area (Å²) in [4.78, 5) is 35.6. The minimum atomic E-state index is -1.82. The first-order valence-corrected chi connectivity index (χ1v) is 9.49. The molecular weight excluding hydrogens is 399 g/mol. The summed E-state index contributed by atoms with van der Waals surface area (Å²) in [6, 6.07) is 14.5. The number of thioether (sulfide) groups is 1. The number of carbonyl (C=O) groups is 3. The van der Waals surface area contributed by atoms with Gasteiger partial charge in [-0.15, -0.1) is 11.8 Å². The van der Waals surface area contributed by atoms with Crippen molar-refractivity contribution in [1.82, 2.24) is 4.90 Å². The lowest BCUT2D eigenvalue weighted by Gasteiger charge is -2.35. The van der Waals surface area contributed by atoms with Gasteiger partial charge in [0, 0.05) is 11.4 Å². The van der Waals surface area contributed by atoms with Crippen LogP contribution >= 0.6 is 11.8 Å². The van der Waals surface area contributed by atoms with E-state index in [1.807, 2.05) is 48.2 Å². The van der Waals surface area contributed by atoms with E-state index in [0.717, 1.165) is 16.1 Å². The van der Waals surface area contributed by atoms with E-state index in [0.29, 0.717) is 13.1 Å². The first kappa shape index (κ1) is 22.4. The molecule has 0 aliphatic carbocycles. The summed E-state index contributed by atoms with van der Waals surface area (Å²) >= 11 is 1.73. The number of aliphatic carboxylic acids is 2. The van der Waals surface area contributed by atoms with E-state index in [4.69, 9.17) is 19.8 Å². The molecule has 0 aromatic heterocycles. The van der Waals surface area contributed by atoms with E-state index in [9.17, 15) is 9.18 Å². The molecule has 2 aromatic carbocycles. The number of rotatable bonds is 3. The van der Waals surface area contributed by atoms with Gasteiger partial charge in [0.05, 0.1) is 17.5 Å². The number of carboxylic acids is 2. The molecule has 0 fully saturated rings. The van der Waals surface area contributed by atoms with Crippen molar-refractivity contribution in [2.45, 2.75) is 10.1 Å². The molecule has 0 radical (unpaired) electrons. The smallest absolute Gasteiger partial charge is 0.414 e. The summed E-state index contributed by atoms with van der Waals surface area (Å²) in [6.45, 7) is 0.967. The van der Waals surface area contributed by atoms with Crippen molar-refractivity contribution < 1.29 is 29.0 Å². The Morgan fingerprint density at radius 1 is 1.07 bits per heavy atom. The van der Waals surface area contributed by atoms with Gasteiger partial charge < -0.3 is 20.0 Å². The summed E-state index contributed by atoms with van der Waals surface area (Å²) in [7, 11) is 3.78. The van der Waals surface area contributed by atoms with Gasteiger partial charge in [-0.3, -0.25) is 4.79 Å². The average molecular weight is 420 g/mol. The van der Waals surface area contributed by atoms with Crippen LogP contribution in [0, 0.1) is 5.82 Å². The number of hydrogen-bond acceptors (Lipinski definition) is 5. The molecule has 9 heteroatoms. The lowest BCUT2D eigenvalue weighted by Crippen LogP contribution is -2.41. The molecule has 7 nitrogen and oxygen atoms in total. The van der Waals surface area contributed by atoms with Gasteiger partial charge in [-0.1, -0.05) is 24.3 Å². The first-order valence-electron chi connectivity index (χ1n) is 8.61. The van der Waals surface area contributed by atoms with Gasteiger partial charge in [-0.05, 0) is 43.9 Å². The van der Waals surface area contributed by atoms with E-state index in [2.05, 4.69) is 0 Å². The summed E-state index contributed by atoms with van der Waals surface area (Å²) in [6.07, 6.45) is 0. The molecule has 0 spiro atoms. The zero-order valence-corrected chi connectivity index (χ0v) is 16.7. The molecule has 1 amide bonds. The van der Waals surface area contributed by atoms with Crippen molar-refractivity contribution in [1.29, 1.82) is 0 Å². The maximum atomic E-state index is 13.2. The number of para-hydroxylation sites is 1. The lowest BCUT2D eigenvalue weighted by atomic mass is 10.1. The number of halogens is 1. The fraction of sp³-hybridized carbons (Fsp3) is 0.250. The second-order valence-electron chi connectivity index (χ2n) is 6.48. The molecular formula is C20H21FN2O5S. The fourth-order valence-corrected chi connectivity index (χ4v) is 3.96. The maximum absolute atomic E-state index is 13.2. The van der Waals surface area contributed by atoms with Gasteiger partial charge in [0.25, 0.3) is 0 Å². The Bertz CT molecular complexity index is 877. The van der Waals surface area contributed by atoms with Crippen LogP contribution in [-0.2, 0) is 14.4 Å². The zero-order chi connectivity index (χ0) is 21.6. The second-order valence-corrected chi connectivity index (χ2v) is 7.72. The van der Waals surface area contributed by atoms with E-state index >= 15 is 0 Å². The third kappa shape index (κ3) is 6.30. The van der Waals surface area contributed by atoms with Crippen LogP contribution in [0.2, 0.25) is 0 Å². The molecule has 1 unspecified atom stereocenters. The van der Waals surface area contributed by atoms with Crippen LogP contribution in [0.4, 0.5) is 10.1 Å². The van der Waals surface area contributed by atoms with Crippen LogP contribution < -0.4 is 4.90 Å². The molecule has 0 bridgehead atoms. The van der Waals surface area contributed by atoms with Crippen LogP contribution in [0.15, 0.2) is 53.4 Å². The van der Waals surface area contributed by atoms with Crippen molar-refractivity contribution in [3.05, 3.63) is 59.9 Å². The molecule has 2 N–H and O–H groups in total. The second kappa shape index (κ2) is 10.0. The molecule has 2 aromatic rings. The highest BCUT2D eigenvalue weighted by Gasteiger charge is 2.29. The van der Waals surface area contributed by atoms with Crippen LogP contribution in [0.3, 0.4) is 0 Å². The number of anilines is 1. The number of fused-ring (bicyclic) bond motifs is 1. The Kier molecular flexibility index (Phi) is 7.74. The summed E-state index contributed by atoms with van der Waals surface area (Å²) in [5, 5.41) is 14.9. The molecule has 154 valence electrons. The van der Waals surface area contributed by atoms with Crippen molar-refractivity contribution in [2.75, 3.05) is 32.1 Å². The summed E-state index contributed by atoms with van der Waals surface area (Å²) in [5.74, 6) is -3.81. The highest BCUT2D eigenvalue weighted by atomic mass is 32.2. The number of amides is 1. The van der Waals surface area contributed by atoms with Crippen LogP contribution in [0.1, 0.15) is 10.8 Å². The van der Waals surface area contributed by atoms with Crippen molar-refractivity contribution in [3.63, 3.8) is 0 Å². The minimum absolute atomic E-state index is 0.0786. The third-order valence-electron chi connectivity index (χ3n) is 3.95. The predicted molar refractivity (Wildman–Crippen MR) is 108 cm³/mol. The molecule has 1 heterocycles. The van der Waals surface area contributed by atoms with Crippen LogP contribution in [0.25, 0.3) is 0 Å². The van der Waals surface area contributed by atoms with Crippen LogP contribution in [0.5, 0.6) is 0 Å². The monoisotopic (exact) mass is 420 g/mol. The largest absolute Gasteiger partial charge is 0.473 e. The topological polar surface area (TPSA) is 98.2 Å². The first-order chi connectivity index (χ1) is 13.7. The molecule has 1 aliphatic rings. The third-order valence-corrected chi connectivity index (χ3v) is 5.26. The highest BCUT2D eigenvalue weighted by Crippen LogP contribution is 2.45. The molecule has 3 rings (SSSR count). The quantitative estimate of drug-likeness (QED) is 0.737. The van der Waals surface area contributed by atoms with E-state index < -0.39 is 11.9 Å². The van der Waals surface area contributed by atoms with Gasteiger partial charge in [-0.25, -0.2) is 14.0 Å². The van der Waals surface area contributed by atoms with Crippen molar-refractivity contribution >= 4 is 35.3 Å². The van der Waals surface area contributed by atoms with Gasteiger partial charge in [0.2, 0.25) is 5.91 Å². The van der Waals surface area contributed by atoms with Crippen molar-refractivity contribution in [3.8, 4) is 0 Å². The Balaban J connectivity index is 0.000000438.